The van der Waals surface area contributed by atoms with Gasteiger partial charge in [-0.25, -0.2) is 14.8 Å². The molecule has 12 heteroatoms. The first-order valence-corrected chi connectivity index (χ1v) is 9.70. The predicted molar refractivity (Wildman–Crippen MR) is 112 cm³/mol. The van der Waals surface area contributed by atoms with E-state index in [4.69, 9.17) is 10.5 Å². The third-order valence-corrected chi connectivity index (χ3v) is 4.58. The first-order chi connectivity index (χ1) is 14.0. The molecule has 0 bridgehead atoms. The molecular weight excluding hydrogens is 508 g/mol. The van der Waals surface area contributed by atoms with Gasteiger partial charge in [0, 0.05) is 33.5 Å². The van der Waals surface area contributed by atoms with Gasteiger partial charge < -0.3 is 10.5 Å². The van der Waals surface area contributed by atoms with E-state index >= 15 is 0 Å². The Hall–Kier alpha value is -3.25. The summed E-state index contributed by atoms with van der Waals surface area (Å²) in [5, 5.41) is 10.9. The van der Waals surface area contributed by atoms with Crippen molar-refractivity contribution in [2.24, 2.45) is 0 Å². The fourth-order valence-electron chi connectivity index (χ4n) is 2.40. The molecular formula is C17H12Br2N8O2. The predicted octanol–water partition coefficient (Wildman–Crippen LogP) is 3.57. The maximum atomic E-state index is 12.3. The lowest BCUT2D eigenvalue weighted by Crippen LogP contribution is -2.19. The maximum absolute atomic E-state index is 12.3. The van der Waals surface area contributed by atoms with Crippen LogP contribution in [0.1, 0.15) is 0 Å². The summed E-state index contributed by atoms with van der Waals surface area (Å²) in [6.45, 7) is 0. The van der Waals surface area contributed by atoms with Gasteiger partial charge in [0.2, 0.25) is 5.88 Å². The van der Waals surface area contributed by atoms with Crippen molar-refractivity contribution in [3.63, 3.8) is 0 Å². The summed E-state index contributed by atoms with van der Waals surface area (Å²) in [6.07, 6.45) is 4.02. The summed E-state index contributed by atoms with van der Waals surface area (Å²) >= 11 is 6.64. The standard InChI is InChI=1S/C17H12Br2N8O2/c18-10-1-3-13(21-8-10)26-12(20)7-16(25-26)29-17(28)24-15-5-6-23-27(15)14-4-2-11(19)9-22-14/h1-9H,20H2,(H,24,28). The average Bonchev–Trinajstić information content (AvgIpc) is 3.29. The van der Waals surface area contributed by atoms with E-state index in [1.54, 1.807) is 36.7 Å². The van der Waals surface area contributed by atoms with Crippen LogP contribution in [-0.2, 0) is 0 Å². The van der Waals surface area contributed by atoms with E-state index in [-0.39, 0.29) is 11.7 Å². The van der Waals surface area contributed by atoms with Gasteiger partial charge in [0.25, 0.3) is 0 Å². The van der Waals surface area contributed by atoms with E-state index < -0.39 is 6.09 Å². The molecule has 4 rings (SSSR count). The molecule has 3 N–H and O–H groups in total. The van der Waals surface area contributed by atoms with Crippen LogP contribution in [0.15, 0.2) is 63.9 Å². The zero-order valence-electron chi connectivity index (χ0n) is 14.5. The molecule has 0 fully saturated rings. The number of nitrogens with zero attached hydrogens (tertiary/aromatic N) is 6. The Bertz CT molecular complexity index is 1160. The molecule has 0 aliphatic rings. The van der Waals surface area contributed by atoms with Gasteiger partial charge >= 0.3 is 6.09 Å². The fraction of sp³-hybridized carbons (Fsp3) is 0. The SMILES string of the molecule is Nc1cc(OC(=O)Nc2ccnn2-c2ccc(Br)cn2)nn1-c1ccc(Br)cn1. The molecule has 0 atom stereocenters. The molecule has 4 aromatic heterocycles. The number of rotatable bonds is 4. The van der Waals surface area contributed by atoms with Crippen LogP contribution in [-0.4, -0.2) is 35.6 Å². The number of nitrogens with one attached hydrogen (secondary N) is 1. The highest BCUT2D eigenvalue weighted by Gasteiger charge is 2.15. The van der Waals surface area contributed by atoms with Gasteiger partial charge in [-0.3, -0.25) is 5.32 Å². The van der Waals surface area contributed by atoms with Crippen molar-refractivity contribution in [3.8, 4) is 17.5 Å². The van der Waals surface area contributed by atoms with E-state index in [2.05, 4.69) is 57.3 Å². The Balaban J connectivity index is 1.49. The second kappa shape index (κ2) is 8.01. The lowest BCUT2D eigenvalue weighted by Gasteiger charge is -2.07. The highest BCUT2D eigenvalue weighted by atomic mass is 79.9. The molecule has 0 aliphatic heterocycles. The number of carbonyl (C=O) groups excluding carboxylic acids is 1. The van der Waals surface area contributed by atoms with Crippen molar-refractivity contribution in [1.29, 1.82) is 0 Å². The van der Waals surface area contributed by atoms with Crippen molar-refractivity contribution in [1.82, 2.24) is 29.5 Å². The molecule has 0 aromatic carbocycles. The molecule has 10 nitrogen and oxygen atoms in total. The number of carbonyl (C=O) groups is 1. The molecule has 0 aliphatic carbocycles. The van der Waals surface area contributed by atoms with Crippen LogP contribution in [0.4, 0.5) is 16.4 Å². The molecule has 0 saturated heterocycles. The Morgan fingerprint density at radius 1 is 1.00 bits per heavy atom. The highest BCUT2D eigenvalue weighted by molar-refractivity contribution is 9.10. The monoisotopic (exact) mass is 518 g/mol. The van der Waals surface area contributed by atoms with Crippen molar-refractivity contribution < 1.29 is 9.53 Å². The molecule has 0 spiro atoms. The van der Waals surface area contributed by atoms with Gasteiger partial charge in [-0.2, -0.15) is 14.5 Å². The van der Waals surface area contributed by atoms with Crippen LogP contribution in [0.2, 0.25) is 0 Å². The third kappa shape index (κ3) is 4.27. The minimum absolute atomic E-state index is 0.0255. The zero-order chi connectivity index (χ0) is 20.4. The molecule has 4 heterocycles. The lowest BCUT2D eigenvalue weighted by atomic mass is 10.4. The number of nitrogen functional groups attached to an aromatic ring is 1. The Morgan fingerprint density at radius 3 is 2.28 bits per heavy atom. The smallest absolute Gasteiger partial charge is 0.389 e. The molecule has 0 radical (unpaired) electrons. The largest absolute Gasteiger partial charge is 0.419 e. The van der Waals surface area contributed by atoms with Crippen molar-refractivity contribution >= 4 is 49.6 Å². The maximum Gasteiger partial charge on any atom is 0.419 e. The van der Waals surface area contributed by atoms with Crippen LogP contribution in [0.5, 0.6) is 5.88 Å². The number of halogens is 2. The Kier molecular flexibility index (Phi) is 5.27. The molecule has 0 saturated carbocycles. The molecule has 4 aromatic rings. The quantitative estimate of drug-likeness (QED) is 0.422. The lowest BCUT2D eigenvalue weighted by molar-refractivity contribution is 0.213. The van der Waals surface area contributed by atoms with E-state index in [0.717, 1.165) is 8.95 Å². The summed E-state index contributed by atoms with van der Waals surface area (Å²) in [5.41, 5.74) is 5.95. The number of aromatic nitrogens is 6. The van der Waals surface area contributed by atoms with Crippen LogP contribution >= 0.6 is 31.9 Å². The molecule has 0 unspecified atom stereocenters. The third-order valence-electron chi connectivity index (χ3n) is 3.64. The van der Waals surface area contributed by atoms with Crippen LogP contribution in [0.25, 0.3) is 11.6 Å². The molecule has 146 valence electrons. The number of pyridine rings is 2. The number of hydrogen-bond donors (Lipinski definition) is 2. The molecule has 1 amide bonds. The van der Waals surface area contributed by atoms with Crippen LogP contribution in [0.3, 0.4) is 0 Å². The first-order valence-electron chi connectivity index (χ1n) is 8.12. The molecule has 29 heavy (non-hydrogen) atoms. The topological polar surface area (TPSA) is 126 Å². The van der Waals surface area contributed by atoms with E-state index in [1.807, 2.05) is 6.07 Å². The second-order valence-electron chi connectivity index (χ2n) is 5.63. The van der Waals surface area contributed by atoms with E-state index in [1.165, 1.54) is 21.6 Å². The van der Waals surface area contributed by atoms with Crippen LogP contribution < -0.4 is 15.8 Å². The summed E-state index contributed by atoms with van der Waals surface area (Å²) in [6, 6.07) is 10.1. The number of anilines is 2. The zero-order valence-corrected chi connectivity index (χ0v) is 17.7. The summed E-state index contributed by atoms with van der Waals surface area (Å²) in [7, 11) is 0. The van der Waals surface area contributed by atoms with Crippen LogP contribution in [0, 0.1) is 0 Å². The van der Waals surface area contributed by atoms with Gasteiger partial charge in [0.15, 0.2) is 11.6 Å². The number of nitrogens with two attached hydrogens (primary N) is 1. The number of hydrogen-bond acceptors (Lipinski definition) is 7. The summed E-state index contributed by atoms with van der Waals surface area (Å²) in [4.78, 5) is 20.8. The first kappa shape index (κ1) is 19.1. The second-order valence-corrected chi connectivity index (χ2v) is 7.46. The highest BCUT2D eigenvalue weighted by Crippen LogP contribution is 2.20. The van der Waals surface area contributed by atoms with E-state index in [0.29, 0.717) is 17.5 Å². The van der Waals surface area contributed by atoms with Crippen molar-refractivity contribution in [3.05, 3.63) is 63.9 Å². The minimum Gasteiger partial charge on any atom is -0.389 e. The minimum atomic E-state index is -0.753. The van der Waals surface area contributed by atoms with Gasteiger partial charge in [-0.1, -0.05) is 0 Å². The summed E-state index contributed by atoms with van der Waals surface area (Å²) < 4.78 is 9.72. The van der Waals surface area contributed by atoms with E-state index in [9.17, 15) is 4.79 Å². The van der Waals surface area contributed by atoms with Gasteiger partial charge in [0.05, 0.1) is 6.20 Å². The van der Waals surface area contributed by atoms with Gasteiger partial charge in [0.1, 0.15) is 11.6 Å². The van der Waals surface area contributed by atoms with Crippen molar-refractivity contribution in [2.45, 2.75) is 0 Å². The van der Waals surface area contributed by atoms with Crippen molar-refractivity contribution in [2.75, 3.05) is 11.1 Å². The number of ether oxygens (including phenoxy) is 1. The van der Waals surface area contributed by atoms with Gasteiger partial charge in [-0.15, -0.1) is 5.10 Å². The Morgan fingerprint density at radius 2 is 1.66 bits per heavy atom. The Labute approximate surface area is 181 Å². The fourth-order valence-corrected chi connectivity index (χ4v) is 2.87. The number of amides is 1. The average molecular weight is 520 g/mol. The normalized spacial score (nSPS) is 10.7. The van der Waals surface area contributed by atoms with Gasteiger partial charge in [-0.05, 0) is 56.1 Å². The summed E-state index contributed by atoms with van der Waals surface area (Å²) in [5.74, 6) is 1.69.